The van der Waals surface area contributed by atoms with Gasteiger partial charge < -0.3 is 19.4 Å². The minimum Gasteiger partial charge on any atom is -0.474 e. The Morgan fingerprint density at radius 3 is 2.79 bits per heavy atom. The van der Waals surface area contributed by atoms with Crippen molar-refractivity contribution in [3.05, 3.63) is 60.4 Å². The number of aromatic nitrogens is 2. The van der Waals surface area contributed by atoms with Crippen LogP contribution in [0.25, 0.3) is 10.9 Å². The molecule has 0 bridgehead atoms. The fourth-order valence-corrected chi connectivity index (χ4v) is 4.50. The number of aromatic amines is 1. The summed E-state index contributed by atoms with van der Waals surface area (Å²) in [5.74, 6) is 0.731. The van der Waals surface area contributed by atoms with Crippen LogP contribution in [0.1, 0.15) is 36.2 Å². The van der Waals surface area contributed by atoms with Crippen molar-refractivity contribution < 1.29 is 14.3 Å². The van der Waals surface area contributed by atoms with Crippen LogP contribution in [0.3, 0.4) is 0 Å². The summed E-state index contributed by atoms with van der Waals surface area (Å²) in [5.41, 5.74) is 1.45. The summed E-state index contributed by atoms with van der Waals surface area (Å²) >= 11 is 0. The lowest BCUT2D eigenvalue weighted by atomic mass is 9.83. The quantitative estimate of drug-likeness (QED) is 0.738. The highest BCUT2D eigenvalue weighted by Crippen LogP contribution is 2.36. The van der Waals surface area contributed by atoms with Gasteiger partial charge in [-0.15, -0.1) is 0 Å². The lowest BCUT2D eigenvalue weighted by molar-refractivity contribution is -0.135. The Balaban J connectivity index is 1.22. The van der Waals surface area contributed by atoms with E-state index in [1.54, 1.807) is 6.20 Å². The smallest absolute Gasteiger partial charge is 0.270 e. The number of likely N-dealkylation sites (tertiary alicyclic amines) is 1. The van der Waals surface area contributed by atoms with Crippen LogP contribution < -0.4 is 4.74 Å². The molecule has 2 aromatic heterocycles. The van der Waals surface area contributed by atoms with Gasteiger partial charge in [0.25, 0.3) is 5.91 Å². The van der Waals surface area contributed by atoms with Gasteiger partial charge in [0, 0.05) is 49.1 Å². The van der Waals surface area contributed by atoms with Crippen molar-refractivity contribution in [2.45, 2.75) is 37.4 Å². The molecule has 6 heteroatoms. The van der Waals surface area contributed by atoms with Crippen LogP contribution >= 0.6 is 0 Å². The fourth-order valence-electron chi connectivity index (χ4n) is 4.50. The lowest BCUT2D eigenvalue weighted by Gasteiger charge is -2.45. The highest BCUT2D eigenvalue weighted by molar-refractivity contribution is 5.98. The second-order valence-corrected chi connectivity index (χ2v) is 7.99. The molecule has 2 aliphatic rings. The molecule has 1 spiro atoms. The highest BCUT2D eigenvalue weighted by Gasteiger charge is 2.42. The number of piperidine rings is 1. The molecular weight excluding hydrogens is 366 g/mol. The van der Waals surface area contributed by atoms with Crippen molar-refractivity contribution in [3.63, 3.8) is 0 Å². The molecule has 0 saturated carbocycles. The first-order chi connectivity index (χ1) is 14.2. The van der Waals surface area contributed by atoms with Crippen LogP contribution in [-0.4, -0.2) is 52.2 Å². The van der Waals surface area contributed by atoms with Crippen molar-refractivity contribution in [1.29, 1.82) is 0 Å². The number of benzene rings is 1. The third-order valence-electron chi connectivity index (χ3n) is 6.10. The average molecular weight is 391 g/mol. The van der Waals surface area contributed by atoms with E-state index < -0.39 is 0 Å². The number of nitrogens with zero attached hydrogens (tertiary/aromatic N) is 2. The Kier molecular flexibility index (Phi) is 4.72. The molecule has 29 heavy (non-hydrogen) atoms. The predicted molar refractivity (Wildman–Crippen MR) is 110 cm³/mol. The number of carbonyl (C=O) groups excluding carboxylic acids is 1. The number of hydrogen-bond acceptors (Lipinski definition) is 4. The van der Waals surface area contributed by atoms with Crippen molar-refractivity contribution in [3.8, 4) is 5.88 Å². The molecule has 1 N–H and O–H groups in total. The van der Waals surface area contributed by atoms with E-state index in [-0.39, 0.29) is 17.6 Å². The molecule has 1 unspecified atom stereocenters. The second-order valence-electron chi connectivity index (χ2n) is 7.99. The summed E-state index contributed by atoms with van der Waals surface area (Å²) in [7, 11) is 0. The molecule has 1 atom stereocenters. The lowest BCUT2D eigenvalue weighted by Crippen LogP contribution is -2.52. The SMILES string of the molecule is O=C(c1cc2ccccc2[nH]1)N1CCC2(CC1)CC(Oc1ccccn1)CCO2. The zero-order valence-corrected chi connectivity index (χ0v) is 16.3. The van der Waals surface area contributed by atoms with E-state index in [2.05, 4.69) is 9.97 Å². The van der Waals surface area contributed by atoms with Crippen LogP contribution in [0.15, 0.2) is 54.7 Å². The second kappa shape index (κ2) is 7.52. The summed E-state index contributed by atoms with van der Waals surface area (Å²) in [6.07, 6.45) is 5.24. The van der Waals surface area contributed by atoms with Gasteiger partial charge in [-0.2, -0.15) is 0 Å². The Labute approximate surface area is 169 Å². The van der Waals surface area contributed by atoms with Crippen molar-refractivity contribution >= 4 is 16.8 Å². The Morgan fingerprint density at radius 1 is 1.17 bits per heavy atom. The third kappa shape index (κ3) is 3.72. The van der Waals surface area contributed by atoms with Gasteiger partial charge in [0.05, 0.1) is 12.2 Å². The third-order valence-corrected chi connectivity index (χ3v) is 6.10. The highest BCUT2D eigenvalue weighted by atomic mass is 16.5. The molecule has 1 amide bonds. The number of pyridine rings is 1. The number of nitrogens with one attached hydrogen (secondary N) is 1. The number of fused-ring (bicyclic) bond motifs is 1. The normalized spacial score (nSPS) is 21.4. The van der Waals surface area contributed by atoms with Gasteiger partial charge in [-0.05, 0) is 31.0 Å². The molecule has 3 aromatic rings. The first-order valence-corrected chi connectivity index (χ1v) is 10.3. The van der Waals surface area contributed by atoms with Crippen LogP contribution in [0, 0.1) is 0 Å². The van der Waals surface area contributed by atoms with E-state index >= 15 is 0 Å². The standard InChI is InChI=1S/C23H25N3O3/c27-22(20-15-17-5-1-2-6-19(17)25-20)26-12-9-23(10-13-26)16-18(8-14-28-23)29-21-7-3-4-11-24-21/h1-7,11,15,18,25H,8-10,12-14,16H2. The largest absolute Gasteiger partial charge is 0.474 e. The molecule has 5 rings (SSSR count). The van der Waals surface area contributed by atoms with Gasteiger partial charge >= 0.3 is 0 Å². The van der Waals surface area contributed by atoms with E-state index in [4.69, 9.17) is 9.47 Å². The molecule has 6 nitrogen and oxygen atoms in total. The molecule has 0 radical (unpaired) electrons. The molecule has 2 saturated heterocycles. The molecule has 2 fully saturated rings. The number of para-hydroxylation sites is 1. The van der Waals surface area contributed by atoms with Gasteiger partial charge in [0.2, 0.25) is 5.88 Å². The van der Waals surface area contributed by atoms with Crippen molar-refractivity contribution in [2.24, 2.45) is 0 Å². The van der Waals surface area contributed by atoms with Crippen molar-refractivity contribution in [1.82, 2.24) is 14.9 Å². The molecule has 1 aromatic carbocycles. The van der Waals surface area contributed by atoms with Crippen LogP contribution in [0.4, 0.5) is 0 Å². The molecule has 0 aliphatic carbocycles. The zero-order valence-electron chi connectivity index (χ0n) is 16.3. The molecule has 150 valence electrons. The summed E-state index contributed by atoms with van der Waals surface area (Å²) < 4.78 is 12.3. The van der Waals surface area contributed by atoms with E-state index in [0.717, 1.165) is 36.6 Å². The summed E-state index contributed by atoms with van der Waals surface area (Å²) in [6, 6.07) is 15.6. The van der Waals surface area contributed by atoms with Crippen molar-refractivity contribution in [2.75, 3.05) is 19.7 Å². The van der Waals surface area contributed by atoms with Gasteiger partial charge in [-0.3, -0.25) is 4.79 Å². The van der Waals surface area contributed by atoms with Crippen LogP contribution in [0.2, 0.25) is 0 Å². The summed E-state index contributed by atoms with van der Waals surface area (Å²) in [5, 5.41) is 1.06. The topological polar surface area (TPSA) is 67.5 Å². The van der Waals surface area contributed by atoms with Crippen LogP contribution in [-0.2, 0) is 4.74 Å². The number of ether oxygens (including phenoxy) is 2. The predicted octanol–water partition coefficient (Wildman–Crippen LogP) is 3.80. The Hall–Kier alpha value is -2.86. The number of amides is 1. The van der Waals surface area contributed by atoms with Gasteiger partial charge in [0.1, 0.15) is 11.8 Å². The first kappa shape index (κ1) is 18.2. The maximum absolute atomic E-state index is 13.0. The minimum absolute atomic E-state index is 0.0631. The van der Waals surface area contributed by atoms with E-state index in [9.17, 15) is 4.79 Å². The fraction of sp³-hybridized carbons (Fsp3) is 0.391. The van der Waals surface area contributed by atoms with Crippen LogP contribution in [0.5, 0.6) is 5.88 Å². The zero-order chi connectivity index (χ0) is 19.7. The molecule has 2 aliphatic heterocycles. The maximum atomic E-state index is 13.0. The monoisotopic (exact) mass is 391 g/mol. The minimum atomic E-state index is -0.199. The number of rotatable bonds is 3. The maximum Gasteiger partial charge on any atom is 0.270 e. The van der Waals surface area contributed by atoms with Gasteiger partial charge in [-0.25, -0.2) is 4.98 Å². The van der Waals surface area contributed by atoms with E-state index in [1.807, 2.05) is 53.4 Å². The Bertz CT molecular complexity index is 960. The number of H-pyrrole nitrogens is 1. The first-order valence-electron chi connectivity index (χ1n) is 10.3. The molecule has 4 heterocycles. The number of hydrogen-bond donors (Lipinski definition) is 1. The van der Waals surface area contributed by atoms with Gasteiger partial charge in [-0.1, -0.05) is 24.3 Å². The summed E-state index contributed by atoms with van der Waals surface area (Å²) in [6.45, 7) is 2.09. The van der Waals surface area contributed by atoms with Gasteiger partial charge in [0.15, 0.2) is 0 Å². The van der Waals surface area contributed by atoms with E-state index in [1.165, 1.54) is 0 Å². The Morgan fingerprint density at radius 2 is 2.00 bits per heavy atom. The van der Waals surface area contributed by atoms with E-state index in [0.29, 0.717) is 31.3 Å². The average Bonchev–Trinajstić information content (AvgIpc) is 3.19. The number of carbonyl (C=O) groups is 1. The molecular formula is C23H25N3O3. The summed E-state index contributed by atoms with van der Waals surface area (Å²) in [4.78, 5) is 22.4.